The fourth-order valence-electron chi connectivity index (χ4n) is 3.75. The molecule has 2 aromatic carbocycles. The van der Waals surface area contributed by atoms with Crippen LogP contribution in [0.1, 0.15) is 44.4 Å². The summed E-state index contributed by atoms with van der Waals surface area (Å²) in [5.74, 6) is 0.0973. The standard InChI is InChI=1S/C23H28N2O/c1-15-11-10-12-16(2)20(15)24-21-19(18-13-8-7-9-14-18)17(3)22(26)25(21)23(4,5)6/h7-14,21,24H,1-6H3. The van der Waals surface area contributed by atoms with Crippen molar-refractivity contribution >= 4 is 17.2 Å². The number of hydrogen-bond donors (Lipinski definition) is 1. The fourth-order valence-corrected chi connectivity index (χ4v) is 3.75. The minimum atomic E-state index is -0.289. The van der Waals surface area contributed by atoms with Gasteiger partial charge in [-0.05, 0) is 58.2 Å². The number of hydrogen-bond acceptors (Lipinski definition) is 2. The van der Waals surface area contributed by atoms with Crippen LogP contribution in [0.4, 0.5) is 5.69 Å². The van der Waals surface area contributed by atoms with E-state index >= 15 is 0 Å². The quantitative estimate of drug-likeness (QED) is 0.831. The Morgan fingerprint density at radius 3 is 2.00 bits per heavy atom. The van der Waals surface area contributed by atoms with Crippen molar-refractivity contribution in [1.82, 2.24) is 4.90 Å². The lowest BCUT2D eigenvalue weighted by atomic mass is 9.98. The Morgan fingerprint density at radius 1 is 0.885 bits per heavy atom. The smallest absolute Gasteiger partial charge is 0.252 e. The summed E-state index contributed by atoms with van der Waals surface area (Å²) in [5.41, 5.74) is 6.15. The highest BCUT2D eigenvalue weighted by Gasteiger charge is 2.43. The highest BCUT2D eigenvalue weighted by molar-refractivity contribution is 6.07. The van der Waals surface area contributed by atoms with E-state index in [2.05, 4.69) is 70.3 Å². The van der Waals surface area contributed by atoms with Gasteiger partial charge in [0.05, 0.1) is 0 Å². The zero-order valence-electron chi connectivity index (χ0n) is 16.6. The van der Waals surface area contributed by atoms with Crippen LogP contribution in [0.15, 0.2) is 54.1 Å². The molecule has 3 heteroatoms. The first-order valence-electron chi connectivity index (χ1n) is 9.14. The molecule has 1 aliphatic heterocycles. The van der Waals surface area contributed by atoms with Crippen LogP contribution < -0.4 is 5.32 Å². The van der Waals surface area contributed by atoms with Crippen LogP contribution in [0.25, 0.3) is 5.57 Å². The summed E-state index contributed by atoms with van der Waals surface area (Å²) >= 11 is 0. The molecule has 3 rings (SSSR count). The van der Waals surface area contributed by atoms with E-state index in [4.69, 9.17) is 0 Å². The summed E-state index contributed by atoms with van der Waals surface area (Å²) in [6.45, 7) is 12.4. The molecule has 1 N–H and O–H groups in total. The monoisotopic (exact) mass is 348 g/mol. The highest BCUT2D eigenvalue weighted by Crippen LogP contribution is 2.39. The van der Waals surface area contributed by atoms with Gasteiger partial charge in [-0.25, -0.2) is 0 Å². The van der Waals surface area contributed by atoms with Crippen molar-refractivity contribution in [3.05, 3.63) is 70.8 Å². The molecule has 0 saturated heterocycles. The van der Waals surface area contributed by atoms with Crippen molar-refractivity contribution < 1.29 is 4.79 Å². The molecule has 1 aliphatic rings. The third-order valence-electron chi connectivity index (χ3n) is 5.04. The van der Waals surface area contributed by atoms with Gasteiger partial charge < -0.3 is 10.2 Å². The van der Waals surface area contributed by atoms with Crippen molar-refractivity contribution in [2.45, 2.75) is 53.2 Å². The zero-order valence-corrected chi connectivity index (χ0v) is 16.6. The zero-order chi connectivity index (χ0) is 19.1. The van der Waals surface area contributed by atoms with Crippen LogP contribution in [-0.2, 0) is 4.79 Å². The second kappa shape index (κ2) is 6.64. The van der Waals surface area contributed by atoms with E-state index in [0.29, 0.717) is 0 Å². The van der Waals surface area contributed by atoms with Crippen LogP contribution in [0.2, 0.25) is 0 Å². The number of benzene rings is 2. The number of rotatable bonds is 3. The molecule has 1 heterocycles. The van der Waals surface area contributed by atoms with Crippen LogP contribution >= 0.6 is 0 Å². The van der Waals surface area contributed by atoms with Crippen molar-refractivity contribution in [2.24, 2.45) is 0 Å². The van der Waals surface area contributed by atoms with Gasteiger partial charge >= 0.3 is 0 Å². The molecule has 0 bridgehead atoms. The second-order valence-electron chi connectivity index (χ2n) is 8.06. The van der Waals surface area contributed by atoms with Gasteiger partial charge in [-0.3, -0.25) is 4.79 Å². The molecular weight excluding hydrogens is 320 g/mol. The Morgan fingerprint density at radius 2 is 1.46 bits per heavy atom. The molecule has 0 spiro atoms. The molecule has 0 aliphatic carbocycles. The second-order valence-corrected chi connectivity index (χ2v) is 8.06. The first-order valence-corrected chi connectivity index (χ1v) is 9.14. The predicted octanol–water partition coefficient (Wildman–Crippen LogP) is 5.16. The normalized spacial score (nSPS) is 17.8. The van der Waals surface area contributed by atoms with E-state index in [1.807, 2.05) is 30.0 Å². The highest BCUT2D eigenvalue weighted by atomic mass is 16.2. The summed E-state index contributed by atoms with van der Waals surface area (Å²) in [6, 6.07) is 16.5. The van der Waals surface area contributed by atoms with Gasteiger partial charge in [0, 0.05) is 22.4 Å². The maximum Gasteiger partial charge on any atom is 0.252 e. The molecule has 0 fully saturated rings. The topological polar surface area (TPSA) is 32.3 Å². The Bertz CT molecular complexity index is 839. The third-order valence-corrected chi connectivity index (χ3v) is 5.04. The fraction of sp³-hybridized carbons (Fsp3) is 0.348. The van der Waals surface area contributed by atoms with E-state index in [-0.39, 0.29) is 17.6 Å². The number of carbonyl (C=O) groups excluding carboxylic acids is 1. The number of para-hydroxylation sites is 1. The first-order chi connectivity index (χ1) is 12.2. The largest absolute Gasteiger partial charge is 0.361 e. The van der Waals surface area contributed by atoms with Gasteiger partial charge in [0.25, 0.3) is 5.91 Å². The first kappa shape index (κ1) is 18.2. The average molecular weight is 348 g/mol. The van der Waals surface area contributed by atoms with Gasteiger partial charge in [-0.15, -0.1) is 0 Å². The third kappa shape index (κ3) is 3.14. The van der Waals surface area contributed by atoms with E-state index in [0.717, 1.165) is 22.4 Å². The molecule has 1 amide bonds. The Labute approximate surface area is 156 Å². The number of amides is 1. The van der Waals surface area contributed by atoms with Gasteiger partial charge in [-0.1, -0.05) is 48.5 Å². The lowest BCUT2D eigenvalue weighted by Crippen LogP contribution is -2.51. The van der Waals surface area contributed by atoms with E-state index in [1.165, 1.54) is 11.1 Å². The van der Waals surface area contributed by atoms with Crippen LogP contribution in [0.3, 0.4) is 0 Å². The number of anilines is 1. The summed E-state index contributed by atoms with van der Waals surface area (Å²) in [6.07, 6.45) is -0.190. The molecule has 3 nitrogen and oxygen atoms in total. The SMILES string of the molecule is CC1=C(c2ccccc2)C(Nc2c(C)cccc2C)N(C(C)(C)C)C1=O. The summed E-state index contributed by atoms with van der Waals surface area (Å²) in [4.78, 5) is 15.1. The summed E-state index contributed by atoms with van der Waals surface area (Å²) < 4.78 is 0. The van der Waals surface area contributed by atoms with Crippen LogP contribution in [-0.4, -0.2) is 22.5 Å². The van der Waals surface area contributed by atoms with Gasteiger partial charge in [-0.2, -0.15) is 0 Å². The lowest BCUT2D eigenvalue weighted by Gasteiger charge is -2.39. The van der Waals surface area contributed by atoms with E-state index < -0.39 is 0 Å². The number of nitrogens with one attached hydrogen (secondary N) is 1. The molecule has 1 atom stereocenters. The Balaban J connectivity index is 2.14. The number of carbonyl (C=O) groups is 1. The predicted molar refractivity (Wildman–Crippen MR) is 109 cm³/mol. The van der Waals surface area contributed by atoms with Gasteiger partial charge in [0.15, 0.2) is 0 Å². The van der Waals surface area contributed by atoms with Gasteiger partial charge in [0.2, 0.25) is 0 Å². The molecule has 0 aromatic heterocycles. The van der Waals surface area contributed by atoms with Gasteiger partial charge in [0.1, 0.15) is 6.17 Å². The maximum atomic E-state index is 13.1. The maximum absolute atomic E-state index is 13.1. The molecular formula is C23H28N2O. The molecule has 0 radical (unpaired) electrons. The van der Waals surface area contributed by atoms with E-state index in [1.54, 1.807) is 0 Å². The van der Waals surface area contributed by atoms with Crippen molar-refractivity contribution in [3.8, 4) is 0 Å². The minimum Gasteiger partial charge on any atom is -0.361 e. The number of nitrogens with zero attached hydrogens (tertiary/aromatic N) is 1. The molecule has 136 valence electrons. The Hall–Kier alpha value is -2.55. The van der Waals surface area contributed by atoms with Crippen LogP contribution in [0, 0.1) is 13.8 Å². The Kier molecular flexibility index (Phi) is 4.66. The molecule has 1 unspecified atom stereocenters. The van der Waals surface area contributed by atoms with Crippen molar-refractivity contribution in [2.75, 3.05) is 5.32 Å². The van der Waals surface area contributed by atoms with Crippen LogP contribution in [0.5, 0.6) is 0 Å². The minimum absolute atomic E-state index is 0.0973. The molecule has 0 saturated carbocycles. The summed E-state index contributed by atoms with van der Waals surface area (Å²) in [7, 11) is 0. The molecule has 2 aromatic rings. The summed E-state index contributed by atoms with van der Waals surface area (Å²) in [5, 5.41) is 3.69. The number of aryl methyl sites for hydroxylation is 2. The average Bonchev–Trinajstić information content (AvgIpc) is 2.82. The lowest BCUT2D eigenvalue weighted by molar-refractivity contribution is -0.131. The van der Waals surface area contributed by atoms with E-state index in [9.17, 15) is 4.79 Å². The molecule has 26 heavy (non-hydrogen) atoms. The van der Waals surface area contributed by atoms with Crippen molar-refractivity contribution in [3.63, 3.8) is 0 Å². The van der Waals surface area contributed by atoms with Crippen molar-refractivity contribution in [1.29, 1.82) is 0 Å².